The maximum Gasteiger partial charge on any atom is 0.342 e. The molecule has 122 valence electrons. The predicted octanol–water partition coefficient (Wildman–Crippen LogP) is 2.59. The number of rotatable bonds is 5. The molecule has 1 heterocycles. The maximum absolute atomic E-state index is 12.6. The van der Waals surface area contributed by atoms with E-state index < -0.39 is 10.1 Å². The Morgan fingerprint density at radius 1 is 1.18 bits per heavy atom. The third-order valence-electron chi connectivity index (χ3n) is 4.49. The van der Waals surface area contributed by atoms with Gasteiger partial charge < -0.3 is 0 Å². The first-order valence-corrected chi connectivity index (χ1v) is 9.11. The zero-order valence-corrected chi connectivity index (χ0v) is 14.2. The van der Waals surface area contributed by atoms with Crippen LogP contribution in [0.5, 0.6) is 0 Å². The number of Topliss-reactive ketones (excluding diaryl/α,β-unsaturated/α-hetero) is 1. The van der Waals surface area contributed by atoms with Crippen LogP contribution in [0.1, 0.15) is 38.7 Å². The van der Waals surface area contributed by atoms with Crippen LogP contribution in [0.25, 0.3) is 0 Å². The first-order valence-electron chi connectivity index (χ1n) is 7.70. The molecule has 0 spiro atoms. The van der Waals surface area contributed by atoms with E-state index in [0.717, 1.165) is 12.0 Å². The van der Waals surface area contributed by atoms with Gasteiger partial charge in [-0.3, -0.25) is 4.79 Å². The van der Waals surface area contributed by atoms with Crippen molar-refractivity contribution < 1.29 is 22.1 Å². The topological polar surface area (TPSA) is 60.4 Å². The molecule has 0 radical (unpaired) electrons. The average Bonchev–Trinajstić information content (AvgIpc) is 2.49. The van der Waals surface area contributed by atoms with Crippen molar-refractivity contribution in [3.8, 4) is 0 Å². The van der Waals surface area contributed by atoms with Gasteiger partial charge in [0, 0.05) is 0 Å². The Kier molecular flexibility index (Phi) is 5.04. The van der Waals surface area contributed by atoms with Crippen LogP contribution < -0.4 is 0 Å². The van der Waals surface area contributed by atoms with Gasteiger partial charge in [-0.25, -0.2) is 0 Å². The van der Waals surface area contributed by atoms with Crippen LogP contribution in [0.2, 0.25) is 0 Å². The van der Waals surface area contributed by atoms with Gasteiger partial charge >= 0.3 is 10.1 Å². The maximum atomic E-state index is 12.6. The molecule has 0 aliphatic carbocycles. The number of ketones is 1. The summed E-state index contributed by atoms with van der Waals surface area (Å²) >= 11 is 0. The molecule has 0 N–H and O–H groups in total. The molecule has 1 aliphatic rings. The summed E-state index contributed by atoms with van der Waals surface area (Å²) in [6, 6.07) is 6.65. The van der Waals surface area contributed by atoms with E-state index >= 15 is 0 Å². The fraction of sp³-hybridized carbons (Fsp3) is 0.562. The standard InChI is InChI=1S/C16H24NO4S/c1-4-14(3)17(11-9-15(18)10-12-17)21-22(19,20)16-7-5-13(2)6-8-16/h5-8,14H,4,9-12H2,1-3H3/q+1. The highest BCUT2D eigenvalue weighted by Gasteiger charge is 2.44. The van der Waals surface area contributed by atoms with Crippen LogP contribution >= 0.6 is 0 Å². The summed E-state index contributed by atoms with van der Waals surface area (Å²) in [6.45, 7) is 6.71. The number of nitrogens with zero attached hydrogens (tertiary/aromatic N) is 1. The molecule has 1 atom stereocenters. The third-order valence-corrected chi connectivity index (χ3v) is 5.83. The van der Waals surface area contributed by atoms with E-state index in [1.807, 2.05) is 20.8 Å². The highest BCUT2D eigenvalue weighted by Crippen LogP contribution is 2.28. The van der Waals surface area contributed by atoms with Gasteiger partial charge in [-0.1, -0.05) is 28.9 Å². The Hall–Kier alpha value is -1.24. The molecule has 0 amide bonds. The number of hydrogen-bond donors (Lipinski definition) is 0. The Bertz CT molecular complexity index is 627. The molecule has 6 heteroatoms. The van der Waals surface area contributed by atoms with Gasteiger partial charge in [0.2, 0.25) is 0 Å². The van der Waals surface area contributed by atoms with Crippen LogP contribution in [0.4, 0.5) is 0 Å². The Morgan fingerprint density at radius 3 is 2.23 bits per heavy atom. The quantitative estimate of drug-likeness (QED) is 0.780. The van der Waals surface area contributed by atoms with E-state index in [1.165, 1.54) is 0 Å². The summed E-state index contributed by atoms with van der Waals surface area (Å²) in [5, 5.41) is 0. The number of aryl methyl sites for hydroxylation is 1. The van der Waals surface area contributed by atoms with E-state index in [1.54, 1.807) is 24.3 Å². The van der Waals surface area contributed by atoms with Gasteiger partial charge in [-0.05, 0) is 32.4 Å². The monoisotopic (exact) mass is 326 g/mol. The van der Waals surface area contributed by atoms with Gasteiger partial charge in [0.1, 0.15) is 24.9 Å². The molecule has 1 fully saturated rings. The Morgan fingerprint density at radius 2 is 1.73 bits per heavy atom. The predicted molar refractivity (Wildman–Crippen MR) is 83.4 cm³/mol. The van der Waals surface area contributed by atoms with Crippen molar-refractivity contribution in [1.82, 2.24) is 0 Å². The lowest BCUT2D eigenvalue weighted by molar-refractivity contribution is -1.10. The van der Waals surface area contributed by atoms with Crippen molar-refractivity contribution >= 4 is 15.9 Å². The van der Waals surface area contributed by atoms with Crippen molar-refractivity contribution in [3.05, 3.63) is 29.8 Å². The van der Waals surface area contributed by atoms with E-state index in [9.17, 15) is 13.2 Å². The van der Waals surface area contributed by atoms with Crippen LogP contribution in [0.15, 0.2) is 29.2 Å². The van der Waals surface area contributed by atoms with Gasteiger partial charge in [0.05, 0.1) is 17.7 Å². The number of hydrogen-bond acceptors (Lipinski definition) is 4. The number of quaternary nitrogens is 1. The van der Waals surface area contributed by atoms with Gasteiger partial charge in [-0.15, -0.1) is 0 Å². The molecule has 1 aromatic rings. The van der Waals surface area contributed by atoms with Crippen LogP contribution in [0.3, 0.4) is 0 Å². The molecule has 2 rings (SSSR count). The molecule has 5 nitrogen and oxygen atoms in total. The summed E-state index contributed by atoms with van der Waals surface area (Å²) in [5.74, 6) is 0.174. The van der Waals surface area contributed by atoms with E-state index in [2.05, 4.69) is 0 Å². The van der Waals surface area contributed by atoms with Gasteiger partial charge in [0.25, 0.3) is 0 Å². The number of piperidine rings is 1. The zero-order valence-electron chi connectivity index (χ0n) is 13.4. The minimum Gasteiger partial charge on any atom is -0.299 e. The second-order valence-corrected chi connectivity index (χ2v) is 7.57. The van der Waals surface area contributed by atoms with Crippen molar-refractivity contribution in [2.24, 2.45) is 0 Å². The summed E-state index contributed by atoms with van der Waals surface area (Å²) in [5.41, 5.74) is 0.994. The molecule has 0 bridgehead atoms. The molecule has 1 unspecified atom stereocenters. The molecule has 0 saturated carbocycles. The van der Waals surface area contributed by atoms with Crippen molar-refractivity contribution in [2.45, 2.75) is 51.0 Å². The Labute approximate surface area is 132 Å². The SMILES string of the molecule is CCC(C)[N+]1(OS(=O)(=O)c2ccc(C)cc2)CCC(=O)CC1. The average molecular weight is 326 g/mol. The van der Waals surface area contributed by atoms with Crippen LogP contribution in [-0.2, 0) is 19.2 Å². The van der Waals surface area contributed by atoms with E-state index in [0.29, 0.717) is 25.9 Å². The molecule has 1 aromatic carbocycles. The second-order valence-electron chi connectivity index (χ2n) is 6.04. The Balaban J connectivity index is 2.30. The first kappa shape index (κ1) is 17.1. The van der Waals surface area contributed by atoms with E-state index in [4.69, 9.17) is 4.28 Å². The van der Waals surface area contributed by atoms with E-state index in [-0.39, 0.29) is 21.4 Å². The van der Waals surface area contributed by atoms with Gasteiger partial charge in [-0.2, -0.15) is 13.1 Å². The number of carbonyl (C=O) groups excluding carboxylic acids is 1. The number of hydroxylamine groups is 3. The zero-order chi connectivity index (χ0) is 16.4. The fourth-order valence-corrected chi connectivity index (χ4v) is 3.97. The van der Waals surface area contributed by atoms with Gasteiger partial charge in [0.15, 0.2) is 0 Å². The highest BCUT2D eigenvalue weighted by molar-refractivity contribution is 7.86. The highest BCUT2D eigenvalue weighted by atomic mass is 32.2. The summed E-state index contributed by atoms with van der Waals surface area (Å²) in [6.07, 6.45) is 1.53. The third kappa shape index (κ3) is 3.56. The second kappa shape index (κ2) is 6.48. The van der Waals surface area contributed by atoms with Crippen molar-refractivity contribution in [2.75, 3.05) is 13.1 Å². The largest absolute Gasteiger partial charge is 0.342 e. The van der Waals surface area contributed by atoms with Crippen LogP contribution in [0, 0.1) is 6.92 Å². The molecule has 22 heavy (non-hydrogen) atoms. The summed E-state index contributed by atoms with van der Waals surface area (Å²) in [7, 11) is -3.85. The lowest BCUT2D eigenvalue weighted by atomic mass is 10.1. The minimum atomic E-state index is -3.85. The lowest BCUT2D eigenvalue weighted by Crippen LogP contribution is -2.58. The fourth-order valence-electron chi connectivity index (χ4n) is 2.73. The minimum absolute atomic E-state index is 0.0124. The van der Waals surface area contributed by atoms with Crippen molar-refractivity contribution in [1.29, 1.82) is 0 Å². The number of carbonyl (C=O) groups is 1. The van der Waals surface area contributed by atoms with Crippen LogP contribution in [-0.4, -0.2) is 38.0 Å². The molecular weight excluding hydrogens is 302 g/mol. The molecule has 0 aromatic heterocycles. The number of benzene rings is 1. The molecular formula is C16H24NO4S+. The summed E-state index contributed by atoms with van der Waals surface area (Å²) < 4.78 is 30.9. The number of likely N-dealkylation sites (tertiary alicyclic amines) is 1. The van der Waals surface area contributed by atoms with Crippen molar-refractivity contribution in [3.63, 3.8) is 0 Å². The first-order chi connectivity index (χ1) is 10.3. The molecule has 1 saturated heterocycles. The normalized spacial score (nSPS) is 19.9. The smallest absolute Gasteiger partial charge is 0.299 e. The lowest BCUT2D eigenvalue weighted by Gasteiger charge is -2.40. The molecule has 1 aliphatic heterocycles. The summed E-state index contributed by atoms with van der Waals surface area (Å²) in [4.78, 5) is 11.7.